The van der Waals surface area contributed by atoms with E-state index in [0.717, 1.165) is 43.9 Å². The Balaban J connectivity index is 1.50. The number of hydrogen-bond donors (Lipinski definition) is 1. The minimum absolute atomic E-state index is 0.209. The summed E-state index contributed by atoms with van der Waals surface area (Å²) in [7, 11) is 0. The first-order valence-corrected chi connectivity index (χ1v) is 8.61. The van der Waals surface area contributed by atoms with Crippen LogP contribution in [0.15, 0.2) is 43.1 Å². The van der Waals surface area contributed by atoms with Crippen molar-refractivity contribution in [3.8, 4) is 6.07 Å². The molecule has 0 amide bonds. The summed E-state index contributed by atoms with van der Waals surface area (Å²) < 4.78 is 0. The minimum Gasteiger partial charge on any atom is -0.367 e. The maximum absolute atomic E-state index is 8.88. The van der Waals surface area contributed by atoms with Crippen LogP contribution in [0, 0.1) is 11.3 Å². The first-order chi connectivity index (χ1) is 12.1. The van der Waals surface area contributed by atoms with Gasteiger partial charge in [0, 0.05) is 31.9 Å². The Labute approximate surface area is 149 Å². The average Bonchev–Trinajstić information content (AvgIpc) is 2.64. The zero-order valence-corrected chi connectivity index (χ0v) is 14.6. The van der Waals surface area contributed by atoms with E-state index in [0.29, 0.717) is 6.04 Å². The van der Waals surface area contributed by atoms with Gasteiger partial charge in [-0.1, -0.05) is 36.4 Å². The molecule has 0 atom stereocenters. The van der Waals surface area contributed by atoms with E-state index in [4.69, 9.17) is 5.26 Å². The lowest BCUT2D eigenvalue weighted by Crippen LogP contribution is -2.38. The maximum Gasteiger partial charge on any atom is 0.234 e. The molecule has 1 saturated heterocycles. The molecule has 3 rings (SSSR count). The highest BCUT2D eigenvalue weighted by atomic mass is 15.1. The molecule has 0 spiro atoms. The molecule has 2 aromatic rings. The van der Waals surface area contributed by atoms with Gasteiger partial charge in [-0.25, -0.2) is 9.97 Å². The SMILES string of the molecule is C=C(C)c1ccc(CN2CCC(Nc3ccnc(C#N)n3)CC2)cc1. The van der Waals surface area contributed by atoms with Crippen LogP contribution in [0.3, 0.4) is 0 Å². The average molecular weight is 333 g/mol. The molecular weight excluding hydrogens is 310 g/mol. The number of nitrogens with one attached hydrogen (secondary N) is 1. The van der Waals surface area contributed by atoms with Gasteiger partial charge in [-0.15, -0.1) is 0 Å². The molecule has 0 unspecified atom stereocenters. The molecule has 128 valence electrons. The van der Waals surface area contributed by atoms with Crippen LogP contribution in [0.1, 0.15) is 36.7 Å². The molecule has 0 aliphatic carbocycles. The predicted octanol–water partition coefficient (Wildman–Crippen LogP) is 3.46. The maximum atomic E-state index is 8.88. The van der Waals surface area contributed by atoms with Gasteiger partial charge < -0.3 is 5.32 Å². The smallest absolute Gasteiger partial charge is 0.234 e. The number of nitriles is 1. The molecule has 0 radical (unpaired) electrons. The van der Waals surface area contributed by atoms with Crippen molar-refractivity contribution in [2.45, 2.75) is 32.4 Å². The van der Waals surface area contributed by atoms with Crippen molar-refractivity contribution in [1.29, 1.82) is 5.26 Å². The Kier molecular flexibility index (Phi) is 5.42. The van der Waals surface area contributed by atoms with Gasteiger partial charge in [-0.05, 0) is 37.0 Å². The van der Waals surface area contributed by atoms with Crippen molar-refractivity contribution in [3.05, 3.63) is 60.1 Å². The zero-order chi connectivity index (χ0) is 17.6. The number of piperidine rings is 1. The van der Waals surface area contributed by atoms with Crippen LogP contribution in [-0.2, 0) is 6.54 Å². The highest BCUT2D eigenvalue weighted by Crippen LogP contribution is 2.18. The van der Waals surface area contributed by atoms with Crippen molar-refractivity contribution in [1.82, 2.24) is 14.9 Å². The summed E-state index contributed by atoms with van der Waals surface area (Å²) in [4.78, 5) is 10.6. The minimum atomic E-state index is 0.209. The van der Waals surface area contributed by atoms with Crippen LogP contribution in [0.2, 0.25) is 0 Å². The second-order valence-electron chi connectivity index (χ2n) is 6.55. The fourth-order valence-electron chi connectivity index (χ4n) is 3.09. The standard InChI is InChI=1S/C20H23N5/c1-15(2)17-5-3-16(4-6-17)14-25-11-8-18(9-12-25)23-19-7-10-22-20(13-21)24-19/h3-7,10,18H,1,8-9,11-12,14H2,2H3,(H,22,23,24). The molecule has 1 aromatic carbocycles. The van der Waals surface area contributed by atoms with E-state index < -0.39 is 0 Å². The molecular formula is C20H23N5. The van der Waals surface area contributed by atoms with Crippen LogP contribution in [0.4, 0.5) is 5.82 Å². The topological polar surface area (TPSA) is 64.8 Å². The molecule has 0 bridgehead atoms. The third-order valence-corrected chi connectivity index (χ3v) is 4.55. The Morgan fingerprint density at radius 1 is 1.28 bits per heavy atom. The lowest BCUT2D eigenvalue weighted by molar-refractivity contribution is 0.211. The van der Waals surface area contributed by atoms with Crippen molar-refractivity contribution in [2.24, 2.45) is 0 Å². The van der Waals surface area contributed by atoms with E-state index >= 15 is 0 Å². The first kappa shape index (κ1) is 17.1. The third kappa shape index (κ3) is 4.65. The lowest BCUT2D eigenvalue weighted by atomic mass is 10.0. The largest absolute Gasteiger partial charge is 0.367 e. The normalized spacial score (nSPS) is 15.5. The van der Waals surface area contributed by atoms with Gasteiger partial charge in [0.25, 0.3) is 0 Å². The van der Waals surface area contributed by atoms with Crippen LogP contribution < -0.4 is 5.32 Å². The van der Waals surface area contributed by atoms with Gasteiger partial charge >= 0.3 is 0 Å². The summed E-state index contributed by atoms with van der Waals surface area (Å²) in [5.74, 6) is 0.945. The summed E-state index contributed by atoms with van der Waals surface area (Å²) in [5, 5.41) is 12.3. The number of hydrogen-bond acceptors (Lipinski definition) is 5. The van der Waals surface area contributed by atoms with Crippen LogP contribution in [0.25, 0.3) is 5.57 Å². The van der Waals surface area contributed by atoms with Gasteiger partial charge in [-0.2, -0.15) is 5.26 Å². The van der Waals surface area contributed by atoms with E-state index in [1.54, 1.807) is 6.20 Å². The number of rotatable bonds is 5. The van der Waals surface area contributed by atoms with E-state index in [2.05, 4.69) is 51.0 Å². The number of likely N-dealkylation sites (tertiary alicyclic amines) is 1. The molecule has 5 nitrogen and oxygen atoms in total. The van der Waals surface area contributed by atoms with Gasteiger partial charge in [0.1, 0.15) is 11.9 Å². The van der Waals surface area contributed by atoms with Gasteiger partial charge in [0.2, 0.25) is 5.82 Å². The van der Waals surface area contributed by atoms with E-state index in [-0.39, 0.29) is 5.82 Å². The number of anilines is 1. The predicted molar refractivity (Wildman–Crippen MR) is 99.8 cm³/mol. The summed E-state index contributed by atoms with van der Waals surface area (Å²) >= 11 is 0. The summed E-state index contributed by atoms with van der Waals surface area (Å²) in [6.07, 6.45) is 3.75. The van der Waals surface area contributed by atoms with E-state index in [9.17, 15) is 0 Å². The van der Waals surface area contributed by atoms with Crippen LogP contribution in [-0.4, -0.2) is 34.0 Å². The zero-order valence-electron chi connectivity index (χ0n) is 14.6. The molecule has 25 heavy (non-hydrogen) atoms. The Bertz CT molecular complexity index is 767. The second kappa shape index (κ2) is 7.91. The van der Waals surface area contributed by atoms with Gasteiger partial charge in [-0.3, -0.25) is 4.90 Å². The monoisotopic (exact) mass is 333 g/mol. The molecule has 5 heteroatoms. The highest BCUT2D eigenvalue weighted by molar-refractivity contribution is 5.61. The summed E-state index contributed by atoms with van der Waals surface area (Å²) in [6.45, 7) is 9.10. The molecule has 1 fully saturated rings. The van der Waals surface area contributed by atoms with E-state index in [1.165, 1.54) is 11.1 Å². The molecule has 1 aliphatic rings. The fourth-order valence-corrected chi connectivity index (χ4v) is 3.09. The second-order valence-corrected chi connectivity index (χ2v) is 6.55. The van der Waals surface area contributed by atoms with Crippen molar-refractivity contribution in [3.63, 3.8) is 0 Å². The fraction of sp³-hybridized carbons (Fsp3) is 0.350. The Morgan fingerprint density at radius 2 is 2.00 bits per heavy atom. The number of nitrogens with zero attached hydrogens (tertiary/aromatic N) is 4. The van der Waals surface area contributed by atoms with Crippen molar-refractivity contribution < 1.29 is 0 Å². The number of benzene rings is 1. The van der Waals surface area contributed by atoms with Gasteiger partial charge in [0.15, 0.2) is 0 Å². The lowest BCUT2D eigenvalue weighted by Gasteiger charge is -2.32. The van der Waals surface area contributed by atoms with Crippen molar-refractivity contribution >= 4 is 11.4 Å². The first-order valence-electron chi connectivity index (χ1n) is 8.61. The molecule has 1 aliphatic heterocycles. The van der Waals surface area contributed by atoms with Crippen LogP contribution in [0.5, 0.6) is 0 Å². The molecule has 2 heterocycles. The number of allylic oxidation sites excluding steroid dienone is 1. The van der Waals surface area contributed by atoms with E-state index in [1.807, 2.05) is 19.1 Å². The molecule has 1 N–H and O–H groups in total. The highest BCUT2D eigenvalue weighted by Gasteiger charge is 2.19. The summed E-state index contributed by atoms with van der Waals surface area (Å²) in [5.41, 5.74) is 3.64. The Hall–Kier alpha value is -2.71. The quantitative estimate of drug-likeness (QED) is 0.908. The molecule has 0 saturated carbocycles. The molecule has 1 aromatic heterocycles. The van der Waals surface area contributed by atoms with Crippen LogP contribution >= 0.6 is 0 Å². The summed E-state index contributed by atoms with van der Waals surface area (Å²) in [6, 6.07) is 12.9. The van der Waals surface area contributed by atoms with Gasteiger partial charge in [0.05, 0.1) is 0 Å². The third-order valence-electron chi connectivity index (χ3n) is 4.55. The Morgan fingerprint density at radius 3 is 2.64 bits per heavy atom. The van der Waals surface area contributed by atoms with Crippen molar-refractivity contribution in [2.75, 3.05) is 18.4 Å². The number of aromatic nitrogens is 2.